The molecule has 6 aromatic heterocycles. The molecule has 0 saturated carbocycles. The minimum absolute atomic E-state index is 0.108. The number of halogens is 5. The lowest BCUT2D eigenvalue weighted by Crippen LogP contribution is -2.21. The molecule has 8 aromatic rings. The number of phenolic OH excluding ortho intramolecular Hbond substituents is 1. The van der Waals surface area contributed by atoms with Crippen LogP contribution < -0.4 is 4.74 Å². The Hall–Kier alpha value is -5.15. The highest BCUT2D eigenvalue weighted by atomic mass is 35.5. The highest BCUT2D eigenvalue weighted by Gasteiger charge is 2.20. The largest absolute Gasteiger partial charge is 0.506 e. The molecule has 0 bridgehead atoms. The molecule has 0 aliphatic heterocycles. The van der Waals surface area contributed by atoms with Gasteiger partial charge in [0.05, 0.1) is 69.1 Å². The third kappa shape index (κ3) is 10.5. The number of imidazole rings is 2. The lowest BCUT2D eigenvalue weighted by Gasteiger charge is -2.12. The molecular weight excluding hydrogens is 878 g/mol. The Morgan fingerprint density at radius 2 is 1.15 bits per heavy atom. The molecule has 0 saturated heterocycles. The van der Waals surface area contributed by atoms with E-state index in [1.807, 2.05) is 35.0 Å². The lowest BCUT2D eigenvalue weighted by molar-refractivity contribution is 0.0536. The number of aliphatic hydroxyl groups is 4. The van der Waals surface area contributed by atoms with E-state index in [2.05, 4.69) is 40.2 Å². The van der Waals surface area contributed by atoms with Crippen molar-refractivity contribution < 1.29 is 39.3 Å². The second-order valence-corrected chi connectivity index (χ2v) is 14.3. The number of alkyl halides is 1. The molecule has 8 rings (SSSR count). The van der Waals surface area contributed by atoms with E-state index in [9.17, 15) is 10.2 Å². The van der Waals surface area contributed by atoms with Gasteiger partial charge in [0.1, 0.15) is 35.6 Å². The van der Waals surface area contributed by atoms with Crippen LogP contribution in [-0.2, 0) is 0 Å². The van der Waals surface area contributed by atoms with Crippen LogP contribution in [0.3, 0.4) is 0 Å². The third-order valence-corrected chi connectivity index (χ3v) is 9.38. The average molecular weight is 909 g/mol. The Balaban J connectivity index is 0.000000177. The summed E-state index contributed by atoms with van der Waals surface area (Å²) in [6.45, 7) is 2.98. The van der Waals surface area contributed by atoms with Gasteiger partial charge in [0.15, 0.2) is 11.3 Å². The van der Waals surface area contributed by atoms with E-state index in [1.165, 1.54) is 24.3 Å². The van der Waals surface area contributed by atoms with Crippen LogP contribution in [0.15, 0.2) is 70.5 Å². The van der Waals surface area contributed by atoms with Gasteiger partial charge in [-0.1, -0.05) is 56.7 Å². The summed E-state index contributed by atoms with van der Waals surface area (Å²) in [5.41, 5.74) is 4.95. The lowest BCUT2D eigenvalue weighted by atomic mass is 10.2. The molecule has 308 valence electrons. The first-order valence-electron chi connectivity index (χ1n) is 17.0. The zero-order chi connectivity index (χ0) is 42.4. The minimum atomic E-state index is -1.02. The predicted octanol–water partition coefficient (Wildman–Crippen LogP) is 6.14. The first-order valence-corrected chi connectivity index (χ1v) is 19.1. The number of aromatic hydroxyl groups is 1. The molecule has 5 N–H and O–H groups in total. The quantitative estimate of drug-likeness (QED) is 0.0967. The van der Waals surface area contributed by atoms with Crippen molar-refractivity contribution in [2.24, 2.45) is 0 Å². The highest BCUT2D eigenvalue weighted by Crippen LogP contribution is 2.37. The van der Waals surface area contributed by atoms with Gasteiger partial charge in [-0.05, 0) is 26.0 Å². The van der Waals surface area contributed by atoms with Crippen LogP contribution in [0.4, 0.5) is 0 Å². The molecule has 0 radical (unpaired) electrons. The molecule has 2 aromatic carbocycles. The maximum Gasteiger partial charge on any atom is 0.278 e. The zero-order valence-corrected chi connectivity index (χ0v) is 34.4. The molecule has 0 fully saturated rings. The smallest absolute Gasteiger partial charge is 0.278 e. The van der Waals surface area contributed by atoms with E-state index >= 15 is 0 Å². The van der Waals surface area contributed by atoms with Gasteiger partial charge >= 0.3 is 0 Å². The Labute approximate surface area is 358 Å². The number of benzene rings is 2. The number of phenols is 1. The SMILES string of the molecule is Cc1cn2cc(-c3nc(-c4cc(Cl)c(O)cc4Cl)no3)nc2cn1.Cc1cn2cc(-c3nc(-c4cc(Cl)c(OC[C@@H](O)CO)cc4Cl)no3)nc2cn1.OC[C@H](O)CCl. The number of ether oxygens (including phenoxy) is 1. The summed E-state index contributed by atoms with van der Waals surface area (Å²) in [5, 5.41) is 52.9. The maximum absolute atomic E-state index is 9.56. The summed E-state index contributed by atoms with van der Waals surface area (Å²) >= 11 is 29.6. The Morgan fingerprint density at radius 3 is 1.63 bits per heavy atom. The summed E-state index contributed by atoms with van der Waals surface area (Å²) in [5.74, 6) is 1.21. The zero-order valence-electron chi connectivity index (χ0n) is 30.6. The van der Waals surface area contributed by atoms with Gasteiger partial charge in [0.2, 0.25) is 11.6 Å². The van der Waals surface area contributed by atoms with Gasteiger partial charge in [-0.2, -0.15) is 9.97 Å². The van der Waals surface area contributed by atoms with Gasteiger partial charge < -0.3 is 48.1 Å². The molecular formula is C36H31Cl5N10O8. The van der Waals surface area contributed by atoms with Crippen molar-refractivity contribution in [2.45, 2.75) is 26.1 Å². The fraction of sp³-hybridized carbons (Fsp3) is 0.222. The molecule has 23 heteroatoms. The summed E-state index contributed by atoms with van der Waals surface area (Å²) < 4.78 is 19.6. The Morgan fingerprint density at radius 1 is 0.661 bits per heavy atom. The van der Waals surface area contributed by atoms with E-state index in [4.69, 9.17) is 87.1 Å². The van der Waals surface area contributed by atoms with Crippen molar-refractivity contribution in [3.8, 4) is 57.4 Å². The number of aryl methyl sites for hydroxylation is 2. The molecule has 0 amide bonds. The standard InChI is InChI=1S/C18H15Cl2N5O4.C15H9Cl2N5O2.C3H7ClO2/c1-9-5-25-6-14(22-16(25)4-21-9)18-23-17(24-29-18)11-2-13(20)15(3-12(11)19)28-8-10(27)7-26;1-7-5-22-6-11(19-13(22)4-18-7)15-20-14(21-24-15)8-2-10(17)12(23)3-9(8)16;4-1-3(6)2-5/h2-6,10,26-27H,7-8H2,1H3;2-6,23H,1H3;3,5-6H,1-2H2/t10-;;3-/m0.1/s1. The van der Waals surface area contributed by atoms with E-state index < -0.39 is 18.8 Å². The first kappa shape index (κ1) is 43.4. The molecule has 59 heavy (non-hydrogen) atoms. The summed E-state index contributed by atoms with van der Waals surface area (Å²) in [7, 11) is 0. The van der Waals surface area contributed by atoms with Crippen molar-refractivity contribution in [1.29, 1.82) is 0 Å². The number of nitrogens with zero attached hydrogens (tertiary/aromatic N) is 10. The Bertz CT molecular complexity index is 2700. The van der Waals surface area contributed by atoms with Crippen molar-refractivity contribution in [2.75, 3.05) is 25.7 Å². The molecule has 2 atom stereocenters. The van der Waals surface area contributed by atoms with Gasteiger partial charge in [-0.15, -0.1) is 11.6 Å². The molecule has 18 nitrogen and oxygen atoms in total. The fourth-order valence-electron chi connectivity index (χ4n) is 4.89. The topological polar surface area (TPSA) is 249 Å². The number of hydrogen-bond acceptors (Lipinski definition) is 16. The van der Waals surface area contributed by atoms with Crippen LogP contribution >= 0.6 is 58.0 Å². The summed E-state index contributed by atoms with van der Waals surface area (Å²) in [6, 6.07) is 5.83. The average Bonchev–Trinajstić information content (AvgIpc) is 4.05. The maximum atomic E-state index is 9.56. The number of aromatic nitrogens is 10. The molecule has 0 unspecified atom stereocenters. The number of fused-ring (bicyclic) bond motifs is 2. The second kappa shape index (κ2) is 19.3. The van der Waals surface area contributed by atoms with Crippen molar-refractivity contribution in [3.63, 3.8) is 0 Å². The number of rotatable bonds is 10. The van der Waals surface area contributed by atoms with Crippen LogP contribution in [0.5, 0.6) is 11.5 Å². The van der Waals surface area contributed by atoms with Crippen LogP contribution in [0.1, 0.15) is 11.4 Å². The summed E-state index contributed by atoms with van der Waals surface area (Å²) in [6.07, 6.45) is 8.77. The third-order valence-electron chi connectivity index (χ3n) is 7.80. The molecule has 0 aliphatic carbocycles. The van der Waals surface area contributed by atoms with Crippen LogP contribution in [0.25, 0.3) is 57.2 Å². The minimum Gasteiger partial charge on any atom is -0.506 e. The second-order valence-electron chi connectivity index (χ2n) is 12.4. The van der Waals surface area contributed by atoms with Gasteiger partial charge in [-0.25, -0.2) is 9.97 Å². The van der Waals surface area contributed by atoms with Gasteiger partial charge in [0, 0.05) is 48.0 Å². The van der Waals surface area contributed by atoms with Crippen LogP contribution in [-0.4, -0.2) is 112 Å². The number of hydrogen-bond donors (Lipinski definition) is 5. The first-order chi connectivity index (χ1) is 28.3. The van der Waals surface area contributed by atoms with E-state index in [-0.39, 0.29) is 74.1 Å². The van der Waals surface area contributed by atoms with Crippen LogP contribution in [0, 0.1) is 13.8 Å². The fourth-order valence-corrected chi connectivity index (χ4v) is 5.85. The molecule has 6 heterocycles. The molecule has 0 spiro atoms. The van der Waals surface area contributed by atoms with Gasteiger partial charge in [0.25, 0.3) is 11.8 Å². The monoisotopic (exact) mass is 906 g/mol. The van der Waals surface area contributed by atoms with E-state index in [0.717, 1.165) is 11.4 Å². The predicted molar refractivity (Wildman–Crippen MR) is 217 cm³/mol. The van der Waals surface area contributed by atoms with Crippen molar-refractivity contribution in [3.05, 3.63) is 92.9 Å². The van der Waals surface area contributed by atoms with Crippen LogP contribution in [0.2, 0.25) is 20.1 Å². The highest BCUT2D eigenvalue weighted by molar-refractivity contribution is 6.36. The molecule has 0 aliphatic rings. The van der Waals surface area contributed by atoms with Crippen molar-refractivity contribution in [1.82, 2.24) is 49.0 Å². The van der Waals surface area contributed by atoms with Crippen molar-refractivity contribution >= 4 is 69.3 Å². The summed E-state index contributed by atoms with van der Waals surface area (Å²) in [4.78, 5) is 25.9. The Kier molecular flexibility index (Phi) is 14.2. The van der Waals surface area contributed by atoms with E-state index in [1.54, 1.807) is 24.8 Å². The van der Waals surface area contributed by atoms with Gasteiger partial charge in [-0.3, -0.25) is 9.97 Å². The number of aliphatic hydroxyl groups excluding tert-OH is 4. The normalized spacial score (nSPS) is 12.2. The van der Waals surface area contributed by atoms with E-state index in [0.29, 0.717) is 33.8 Å².